The Labute approximate surface area is 149 Å². The van der Waals surface area contributed by atoms with E-state index in [-0.39, 0.29) is 12.5 Å². The third kappa shape index (κ3) is 3.70. The molecule has 3 aromatic carbocycles. The molecule has 0 aliphatic heterocycles. The number of carbonyl (C=O) groups excluding carboxylic acids is 1. The lowest BCUT2D eigenvalue weighted by Gasteiger charge is -2.14. The smallest absolute Gasteiger partial charge is 0.252 e. The van der Waals surface area contributed by atoms with Crippen LogP contribution in [0, 0.1) is 0 Å². The van der Waals surface area contributed by atoms with E-state index in [0.717, 1.165) is 10.8 Å². The van der Waals surface area contributed by atoms with E-state index < -0.39 is 6.10 Å². The quantitative estimate of drug-likeness (QED) is 0.714. The number of carbonyl (C=O) groups is 1. The lowest BCUT2D eigenvalue weighted by molar-refractivity contribution is 0.0918. The van der Waals surface area contributed by atoms with Crippen molar-refractivity contribution in [1.82, 2.24) is 5.32 Å². The monoisotopic (exact) mass is 359 g/mol. The largest absolute Gasteiger partial charge is 0.387 e. The molecule has 0 aromatic heterocycles. The van der Waals surface area contributed by atoms with Gasteiger partial charge in [-0.2, -0.15) is 0 Å². The Kier molecular flexibility index (Phi) is 5.05. The number of rotatable bonds is 4. The molecule has 122 valence electrons. The highest BCUT2D eigenvalue weighted by Crippen LogP contribution is 2.23. The van der Waals surface area contributed by atoms with E-state index in [2.05, 4.69) is 5.32 Å². The molecule has 1 unspecified atom stereocenters. The number of halogens is 2. The average Bonchev–Trinajstić information content (AvgIpc) is 2.58. The van der Waals surface area contributed by atoms with Gasteiger partial charge in [-0.3, -0.25) is 4.79 Å². The summed E-state index contributed by atoms with van der Waals surface area (Å²) in [6.07, 6.45) is -0.889. The van der Waals surface area contributed by atoms with E-state index in [9.17, 15) is 9.90 Å². The molecule has 0 heterocycles. The topological polar surface area (TPSA) is 49.3 Å². The van der Waals surface area contributed by atoms with E-state index in [0.29, 0.717) is 21.2 Å². The summed E-state index contributed by atoms with van der Waals surface area (Å²) in [5.41, 5.74) is 1.13. The SMILES string of the molecule is O=C(NCC(O)c1cc(Cl)cc(Cl)c1)c1cccc2ccccc12. The second kappa shape index (κ2) is 7.22. The van der Waals surface area contributed by atoms with Gasteiger partial charge in [0, 0.05) is 22.2 Å². The van der Waals surface area contributed by atoms with Gasteiger partial charge in [0.25, 0.3) is 5.91 Å². The summed E-state index contributed by atoms with van der Waals surface area (Å²) in [5, 5.41) is 15.7. The van der Waals surface area contributed by atoms with Crippen molar-refractivity contribution in [3.63, 3.8) is 0 Å². The van der Waals surface area contributed by atoms with Crippen LogP contribution in [0.25, 0.3) is 10.8 Å². The molecule has 3 aromatic rings. The van der Waals surface area contributed by atoms with Gasteiger partial charge in [0.05, 0.1) is 6.10 Å². The number of nitrogens with one attached hydrogen (secondary N) is 1. The van der Waals surface area contributed by atoms with Crippen molar-refractivity contribution >= 4 is 39.9 Å². The number of aliphatic hydroxyl groups excluding tert-OH is 1. The standard InChI is InChI=1S/C19H15Cl2NO2/c20-14-8-13(9-15(21)10-14)18(23)11-22-19(24)17-7-3-5-12-4-1-2-6-16(12)17/h1-10,18,23H,11H2,(H,22,24). The number of benzene rings is 3. The second-order valence-electron chi connectivity index (χ2n) is 5.46. The van der Waals surface area contributed by atoms with E-state index in [4.69, 9.17) is 23.2 Å². The number of aliphatic hydroxyl groups is 1. The summed E-state index contributed by atoms with van der Waals surface area (Å²) in [6, 6.07) is 18.1. The van der Waals surface area contributed by atoms with Crippen LogP contribution in [0.2, 0.25) is 10.0 Å². The molecular formula is C19H15Cl2NO2. The highest BCUT2D eigenvalue weighted by atomic mass is 35.5. The van der Waals surface area contributed by atoms with Crippen molar-refractivity contribution in [1.29, 1.82) is 0 Å². The molecule has 0 spiro atoms. The molecule has 2 N–H and O–H groups in total. The van der Waals surface area contributed by atoms with Gasteiger partial charge in [0.1, 0.15) is 0 Å². The zero-order chi connectivity index (χ0) is 17.1. The lowest BCUT2D eigenvalue weighted by Crippen LogP contribution is -2.28. The van der Waals surface area contributed by atoms with Crippen LogP contribution in [0.4, 0.5) is 0 Å². The molecular weight excluding hydrogens is 345 g/mol. The van der Waals surface area contributed by atoms with Gasteiger partial charge in [0.15, 0.2) is 0 Å². The van der Waals surface area contributed by atoms with Gasteiger partial charge >= 0.3 is 0 Å². The van der Waals surface area contributed by atoms with Crippen molar-refractivity contribution < 1.29 is 9.90 Å². The fourth-order valence-corrected chi connectivity index (χ4v) is 3.14. The minimum atomic E-state index is -0.889. The first kappa shape index (κ1) is 16.8. The van der Waals surface area contributed by atoms with Crippen LogP contribution in [-0.4, -0.2) is 17.6 Å². The molecule has 0 bridgehead atoms. The van der Waals surface area contributed by atoms with Crippen LogP contribution in [-0.2, 0) is 0 Å². The fourth-order valence-electron chi connectivity index (χ4n) is 2.59. The normalized spacial score (nSPS) is 12.1. The average molecular weight is 360 g/mol. The first-order valence-electron chi connectivity index (χ1n) is 7.44. The Morgan fingerprint density at radius 3 is 2.42 bits per heavy atom. The Bertz CT molecular complexity index is 870. The summed E-state index contributed by atoms with van der Waals surface area (Å²) in [7, 11) is 0. The first-order valence-corrected chi connectivity index (χ1v) is 8.20. The summed E-state index contributed by atoms with van der Waals surface area (Å²) in [4.78, 5) is 12.5. The van der Waals surface area contributed by atoms with Gasteiger partial charge in [-0.1, -0.05) is 59.6 Å². The molecule has 3 nitrogen and oxygen atoms in total. The van der Waals surface area contributed by atoms with Crippen LogP contribution in [0.15, 0.2) is 60.7 Å². The summed E-state index contributed by atoms with van der Waals surface area (Å²) in [5.74, 6) is -0.237. The predicted octanol–water partition coefficient (Wildman–Crippen LogP) is 4.61. The fraction of sp³-hybridized carbons (Fsp3) is 0.105. The van der Waals surface area contributed by atoms with Gasteiger partial charge in [-0.05, 0) is 40.6 Å². The lowest BCUT2D eigenvalue weighted by atomic mass is 10.0. The second-order valence-corrected chi connectivity index (χ2v) is 6.33. The van der Waals surface area contributed by atoms with Gasteiger partial charge in [-0.25, -0.2) is 0 Å². The predicted molar refractivity (Wildman–Crippen MR) is 97.7 cm³/mol. The van der Waals surface area contributed by atoms with E-state index in [1.807, 2.05) is 36.4 Å². The number of hydrogen-bond acceptors (Lipinski definition) is 2. The van der Waals surface area contributed by atoms with Crippen LogP contribution >= 0.6 is 23.2 Å². The summed E-state index contributed by atoms with van der Waals surface area (Å²) in [6.45, 7) is 0.0682. The maximum atomic E-state index is 12.5. The molecule has 24 heavy (non-hydrogen) atoms. The molecule has 3 rings (SSSR count). The molecule has 0 saturated heterocycles. The highest BCUT2D eigenvalue weighted by Gasteiger charge is 2.14. The Balaban J connectivity index is 1.75. The van der Waals surface area contributed by atoms with E-state index >= 15 is 0 Å². The number of amides is 1. The minimum absolute atomic E-state index is 0.0682. The van der Waals surface area contributed by atoms with Crippen molar-refractivity contribution in [3.05, 3.63) is 81.8 Å². The van der Waals surface area contributed by atoms with Crippen LogP contribution in [0.3, 0.4) is 0 Å². The Hall–Kier alpha value is -2.07. The van der Waals surface area contributed by atoms with Crippen molar-refractivity contribution in [2.75, 3.05) is 6.54 Å². The van der Waals surface area contributed by atoms with Gasteiger partial charge in [-0.15, -0.1) is 0 Å². The van der Waals surface area contributed by atoms with Crippen LogP contribution in [0.5, 0.6) is 0 Å². The number of fused-ring (bicyclic) bond motifs is 1. The van der Waals surface area contributed by atoms with Gasteiger partial charge in [0.2, 0.25) is 0 Å². The molecule has 0 fully saturated rings. The maximum Gasteiger partial charge on any atom is 0.252 e. The van der Waals surface area contributed by atoms with E-state index in [1.165, 1.54) is 0 Å². The van der Waals surface area contributed by atoms with Crippen molar-refractivity contribution in [2.24, 2.45) is 0 Å². The third-order valence-corrected chi connectivity index (χ3v) is 4.20. The zero-order valence-electron chi connectivity index (χ0n) is 12.7. The third-order valence-electron chi connectivity index (χ3n) is 3.76. The molecule has 0 radical (unpaired) electrons. The summed E-state index contributed by atoms with van der Waals surface area (Å²) >= 11 is 11.9. The van der Waals surface area contributed by atoms with Crippen molar-refractivity contribution in [2.45, 2.75) is 6.10 Å². The maximum absolute atomic E-state index is 12.5. The molecule has 1 atom stereocenters. The Morgan fingerprint density at radius 2 is 1.67 bits per heavy atom. The van der Waals surface area contributed by atoms with E-state index in [1.54, 1.807) is 24.3 Å². The van der Waals surface area contributed by atoms with Crippen LogP contribution in [0.1, 0.15) is 22.0 Å². The summed E-state index contributed by atoms with van der Waals surface area (Å²) < 4.78 is 0. The van der Waals surface area contributed by atoms with Gasteiger partial charge < -0.3 is 10.4 Å². The molecule has 5 heteroatoms. The molecule has 1 amide bonds. The first-order chi connectivity index (χ1) is 11.5. The minimum Gasteiger partial charge on any atom is -0.387 e. The highest BCUT2D eigenvalue weighted by molar-refractivity contribution is 6.34. The number of hydrogen-bond donors (Lipinski definition) is 2. The molecule has 0 aliphatic carbocycles. The van der Waals surface area contributed by atoms with Crippen LogP contribution < -0.4 is 5.32 Å². The zero-order valence-corrected chi connectivity index (χ0v) is 14.2. The Morgan fingerprint density at radius 1 is 1.00 bits per heavy atom. The molecule has 0 saturated carbocycles. The molecule has 0 aliphatic rings. The van der Waals surface area contributed by atoms with Crippen molar-refractivity contribution in [3.8, 4) is 0 Å².